The summed E-state index contributed by atoms with van der Waals surface area (Å²) in [4.78, 5) is 17.7. The molecule has 0 amide bonds. The van der Waals surface area contributed by atoms with Crippen LogP contribution in [0.1, 0.15) is 22.3 Å². The van der Waals surface area contributed by atoms with E-state index in [0.29, 0.717) is 0 Å². The fraction of sp³-hybridized carbons (Fsp3) is 0.562. The molecule has 4 nitrogen and oxygen atoms in total. The number of Topliss-reactive ketones (excluding diaryl/α,β-unsaturated/α-hetero) is 1. The molecule has 20 heavy (non-hydrogen) atoms. The summed E-state index contributed by atoms with van der Waals surface area (Å²) in [6.07, 6.45) is 2.07. The van der Waals surface area contributed by atoms with E-state index < -0.39 is 0 Å². The molecule has 3 saturated heterocycles. The number of ketones is 1. The lowest BCUT2D eigenvalue weighted by Gasteiger charge is -2.46. The van der Waals surface area contributed by atoms with Crippen LogP contribution in [0.4, 0.5) is 0 Å². The quantitative estimate of drug-likeness (QED) is 0.757. The number of para-hydroxylation sites is 1. The molecule has 0 N–H and O–H groups in total. The minimum atomic E-state index is 0.0227. The smallest absolute Gasteiger partial charge is 0.184 e. The molecule has 4 heterocycles. The van der Waals surface area contributed by atoms with Crippen molar-refractivity contribution in [2.24, 2.45) is 0 Å². The van der Waals surface area contributed by atoms with E-state index in [1.807, 2.05) is 12.1 Å². The first-order valence-corrected chi connectivity index (χ1v) is 7.58. The Hall–Kier alpha value is -1.39. The maximum Gasteiger partial charge on any atom is 0.184 e. The molecule has 0 saturated carbocycles. The molecule has 1 unspecified atom stereocenters. The van der Waals surface area contributed by atoms with Crippen LogP contribution in [0.2, 0.25) is 0 Å². The van der Waals surface area contributed by atoms with Crippen LogP contribution in [0.5, 0.6) is 5.75 Å². The first-order chi connectivity index (χ1) is 9.83. The van der Waals surface area contributed by atoms with Gasteiger partial charge in [-0.1, -0.05) is 12.1 Å². The van der Waals surface area contributed by atoms with E-state index >= 15 is 0 Å². The molecule has 0 aromatic heterocycles. The van der Waals surface area contributed by atoms with E-state index in [4.69, 9.17) is 4.74 Å². The predicted octanol–water partition coefficient (Wildman–Crippen LogP) is 1.19. The Morgan fingerprint density at radius 2 is 2.05 bits per heavy atom. The number of fused-ring (bicyclic) bond motifs is 4. The SMILES string of the molecule is O=C(c1cccc2c1OCCC2)C1CN2CCN1CC2. The summed E-state index contributed by atoms with van der Waals surface area (Å²) in [6.45, 7) is 5.86. The van der Waals surface area contributed by atoms with Gasteiger partial charge in [-0.15, -0.1) is 0 Å². The van der Waals surface area contributed by atoms with Crippen LogP contribution in [-0.4, -0.2) is 61.0 Å². The highest BCUT2D eigenvalue weighted by molar-refractivity contribution is 6.03. The molecule has 0 radical (unpaired) electrons. The van der Waals surface area contributed by atoms with Gasteiger partial charge in [0.05, 0.1) is 18.2 Å². The summed E-state index contributed by atoms with van der Waals surface area (Å²) >= 11 is 0. The molecule has 3 fully saturated rings. The molecule has 106 valence electrons. The van der Waals surface area contributed by atoms with Gasteiger partial charge in [0, 0.05) is 32.7 Å². The zero-order chi connectivity index (χ0) is 13.5. The lowest BCUT2D eigenvalue weighted by Crippen LogP contribution is -2.63. The summed E-state index contributed by atoms with van der Waals surface area (Å²) in [5.41, 5.74) is 1.99. The van der Waals surface area contributed by atoms with Crippen molar-refractivity contribution in [1.29, 1.82) is 0 Å². The third-order valence-corrected chi connectivity index (χ3v) is 4.78. The van der Waals surface area contributed by atoms with E-state index in [-0.39, 0.29) is 11.8 Å². The summed E-state index contributed by atoms with van der Waals surface area (Å²) in [5, 5.41) is 0. The summed E-state index contributed by atoms with van der Waals surface area (Å²) < 4.78 is 5.79. The number of aryl methyl sites for hydroxylation is 1. The third kappa shape index (κ3) is 1.95. The van der Waals surface area contributed by atoms with Gasteiger partial charge in [0.2, 0.25) is 0 Å². The molecule has 4 aliphatic heterocycles. The van der Waals surface area contributed by atoms with Crippen molar-refractivity contribution in [2.75, 3.05) is 39.3 Å². The first-order valence-electron chi connectivity index (χ1n) is 7.58. The second-order valence-corrected chi connectivity index (χ2v) is 5.96. The van der Waals surface area contributed by atoms with Gasteiger partial charge in [-0.05, 0) is 24.5 Å². The number of hydrogen-bond acceptors (Lipinski definition) is 4. The normalized spacial score (nSPS) is 31.5. The number of ether oxygens (including phenoxy) is 1. The van der Waals surface area contributed by atoms with Gasteiger partial charge in [-0.3, -0.25) is 14.6 Å². The standard InChI is InChI=1S/C16H20N2O2/c19-15(14-11-17-6-8-18(14)9-7-17)13-5-1-3-12-4-2-10-20-16(12)13/h1,3,5,14H,2,4,6-11H2. The molecular formula is C16H20N2O2. The third-order valence-electron chi connectivity index (χ3n) is 4.78. The fourth-order valence-corrected chi connectivity index (χ4v) is 3.63. The Kier molecular flexibility index (Phi) is 3.00. The molecular weight excluding hydrogens is 252 g/mol. The highest BCUT2D eigenvalue weighted by atomic mass is 16.5. The van der Waals surface area contributed by atoms with Gasteiger partial charge < -0.3 is 4.74 Å². The van der Waals surface area contributed by atoms with E-state index in [2.05, 4.69) is 15.9 Å². The van der Waals surface area contributed by atoms with Crippen LogP contribution >= 0.6 is 0 Å². The van der Waals surface area contributed by atoms with Crippen LogP contribution in [0.25, 0.3) is 0 Å². The Morgan fingerprint density at radius 1 is 1.20 bits per heavy atom. The predicted molar refractivity (Wildman–Crippen MR) is 76.4 cm³/mol. The average Bonchev–Trinajstić information content (AvgIpc) is 2.54. The zero-order valence-electron chi connectivity index (χ0n) is 11.7. The first kappa shape index (κ1) is 12.4. The van der Waals surface area contributed by atoms with Crippen LogP contribution < -0.4 is 4.74 Å². The van der Waals surface area contributed by atoms with Crippen molar-refractivity contribution in [3.8, 4) is 5.75 Å². The van der Waals surface area contributed by atoms with Crippen molar-refractivity contribution < 1.29 is 9.53 Å². The lowest BCUT2D eigenvalue weighted by atomic mass is 9.94. The molecule has 2 bridgehead atoms. The van der Waals surface area contributed by atoms with Crippen LogP contribution in [0, 0.1) is 0 Å². The highest BCUT2D eigenvalue weighted by Gasteiger charge is 2.37. The Morgan fingerprint density at radius 3 is 2.80 bits per heavy atom. The van der Waals surface area contributed by atoms with E-state index in [9.17, 15) is 4.79 Å². The van der Waals surface area contributed by atoms with Gasteiger partial charge in [-0.25, -0.2) is 0 Å². The Bertz CT molecular complexity index is 535. The molecule has 5 rings (SSSR count). The van der Waals surface area contributed by atoms with Crippen LogP contribution in [-0.2, 0) is 6.42 Å². The van der Waals surface area contributed by atoms with E-state index in [1.165, 1.54) is 5.56 Å². The molecule has 4 heteroatoms. The summed E-state index contributed by atoms with van der Waals surface area (Å²) in [5.74, 6) is 1.09. The van der Waals surface area contributed by atoms with Gasteiger partial charge >= 0.3 is 0 Å². The second kappa shape index (κ2) is 4.86. The lowest BCUT2D eigenvalue weighted by molar-refractivity contribution is 0.0157. The Labute approximate surface area is 119 Å². The average molecular weight is 272 g/mol. The van der Waals surface area contributed by atoms with Gasteiger partial charge in [0.15, 0.2) is 5.78 Å². The minimum absolute atomic E-state index is 0.0227. The minimum Gasteiger partial charge on any atom is -0.493 e. The number of hydrogen-bond donors (Lipinski definition) is 0. The number of benzene rings is 1. The maximum absolute atomic E-state index is 12.9. The molecule has 0 spiro atoms. The number of carbonyl (C=O) groups excluding carboxylic acids is 1. The van der Waals surface area contributed by atoms with Crippen LogP contribution in [0.3, 0.4) is 0 Å². The zero-order valence-corrected chi connectivity index (χ0v) is 11.7. The summed E-state index contributed by atoms with van der Waals surface area (Å²) in [7, 11) is 0. The number of nitrogens with zero attached hydrogens (tertiary/aromatic N) is 2. The van der Waals surface area contributed by atoms with Gasteiger partial charge in [0.1, 0.15) is 5.75 Å². The van der Waals surface area contributed by atoms with Crippen molar-refractivity contribution in [2.45, 2.75) is 18.9 Å². The molecule has 1 aromatic rings. The fourth-order valence-electron chi connectivity index (χ4n) is 3.63. The van der Waals surface area contributed by atoms with E-state index in [0.717, 1.165) is 63.5 Å². The van der Waals surface area contributed by atoms with Crippen molar-refractivity contribution in [3.63, 3.8) is 0 Å². The maximum atomic E-state index is 12.9. The number of carbonyl (C=O) groups is 1. The van der Waals surface area contributed by atoms with Crippen molar-refractivity contribution >= 4 is 5.78 Å². The molecule has 1 atom stereocenters. The Balaban J connectivity index is 1.66. The second-order valence-electron chi connectivity index (χ2n) is 5.96. The molecule has 0 aliphatic carbocycles. The summed E-state index contributed by atoms with van der Waals surface area (Å²) in [6, 6.07) is 6.04. The van der Waals surface area contributed by atoms with E-state index in [1.54, 1.807) is 0 Å². The largest absolute Gasteiger partial charge is 0.493 e. The monoisotopic (exact) mass is 272 g/mol. The van der Waals surface area contributed by atoms with Gasteiger partial charge in [-0.2, -0.15) is 0 Å². The van der Waals surface area contributed by atoms with Gasteiger partial charge in [0.25, 0.3) is 0 Å². The van der Waals surface area contributed by atoms with Crippen LogP contribution in [0.15, 0.2) is 18.2 Å². The van der Waals surface area contributed by atoms with Crippen molar-refractivity contribution in [3.05, 3.63) is 29.3 Å². The van der Waals surface area contributed by atoms with Crippen molar-refractivity contribution in [1.82, 2.24) is 9.80 Å². The number of rotatable bonds is 2. The highest BCUT2D eigenvalue weighted by Crippen LogP contribution is 2.31. The number of piperazine rings is 3. The topological polar surface area (TPSA) is 32.8 Å². The molecule has 1 aromatic carbocycles. The molecule has 4 aliphatic rings.